The molecular formula is C12H11IN2. The van der Waals surface area contributed by atoms with Crippen molar-refractivity contribution in [1.29, 1.82) is 0 Å². The average molecular weight is 310 g/mol. The van der Waals surface area contributed by atoms with Gasteiger partial charge in [0.05, 0.1) is 5.69 Å². The third-order valence-electron chi connectivity index (χ3n) is 2.27. The van der Waals surface area contributed by atoms with Crippen LogP contribution in [0.1, 0.15) is 12.5 Å². The van der Waals surface area contributed by atoms with Crippen LogP contribution < -0.4 is 0 Å². The van der Waals surface area contributed by atoms with Crippen LogP contribution in [0.5, 0.6) is 0 Å². The van der Waals surface area contributed by atoms with E-state index in [2.05, 4.69) is 57.9 Å². The van der Waals surface area contributed by atoms with Gasteiger partial charge in [0.25, 0.3) is 0 Å². The van der Waals surface area contributed by atoms with Gasteiger partial charge in [0.15, 0.2) is 0 Å². The molecule has 2 nitrogen and oxygen atoms in total. The molecule has 1 heterocycles. The minimum Gasteiger partial charge on any atom is -0.149 e. The molecule has 2 aromatic rings. The lowest BCUT2D eigenvalue weighted by Crippen LogP contribution is -1.96. The molecule has 1 aromatic heterocycles. The SMILES string of the molecule is CCc1cc(-c2ccccc2)nnc1I. The molecule has 0 saturated heterocycles. The molecule has 0 amide bonds. The normalized spacial score (nSPS) is 10.3. The molecule has 0 atom stereocenters. The zero-order valence-electron chi connectivity index (χ0n) is 8.44. The Hall–Kier alpha value is -0.970. The lowest BCUT2D eigenvalue weighted by Gasteiger charge is -2.03. The van der Waals surface area contributed by atoms with Gasteiger partial charge in [0.2, 0.25) is 0 Å². The number of nitrogens with zero attached hydrogens (tertiary/aromatic N) is 2. The largest absolute Gasteiger partial charge is 0.149 e. The predicted molar refractivity (Wildman–Crippen MR) is 69.6 cm³/mol. The monoisotopic (exact) mass is 310 g/mol. The van der Waals surface area contributed by atoms with Crippen molar-refractivity contribution in [1.82, 2.24) is 10.2 Å². The minimum absolute atomic E-state index is 0.952. The molecule has 76 valence electrons. The Kier molecular flexibility index (Phi) is 3.30. The van der Waals surface area contributed by atoms with Crippen LogP contribution >= 0.6 is 22.6 Å². The van der Waals surface area contributed by atoms with Crippen LogP contribution in [0.2, 0.25) is 0 Å². The fourth-order valence-electron chi connectivity index (χ4n) is 1.41. The summed E-state index contributed by atoms with van der Waals surface area (Å²) < 4.78 is 0.995. The average Bonchev–Trinajstić information content (AvgIpc) is 2.31. The molecule has 3 heteroatoms. The fraction of sp³-hybridized carbons (Fsp3) is 0.167. The molecule has 0 spiro atoms. The van der Waals surface area contributed by atoms with E-state index in [9.17, 15) is 0 Å². The Morgan fingerprint density at radius 1 is 1.13 bits per heavy atom. The molecule has 0 fully saturated rings. The molecule has 2 rings (SSSR count). The summed E-state index contributed by atoms with van der Waals surface area (Å²) in [4.78, 5) is 0. The van der Waals surface area contributed by atoms with E-state index in [1.165, 1.54) is 5.56 Å². The fourth-order valence-corrected chi connectivity index (χ4v) is 2.06. The summed E-state index contributed by atoms with van der Waals surface area (Å²) >= 11 is 2.22. The minimum atomic E-state index is 0.952. The first kappa shape index (κ1) is 10.5. The highest BCUT2D eigenvalue weighted by Crippen LogP contribution is 2.19. The Bertz CT molecular complexity index is 454. The van der Waals surface area contributed by atoms with Crippen molar-refractivity contribution in [2.45, 2.75) is 13.3 Å². The molecule has 15 heavy (non-hydrogen) atoms. The highest BCUT2D eigenvalue weighted by atomic mass is 127. The molecule has 0 aliphatic rings. The predicted octanol–water partition coefficient (Wildman–Crippen LogP) is 3.31. The van der Waals surface area contributed by atoms with Crippen molar-refractivity contribution in [2.75, 3.05) is 0 Å². The lowest BCUT2D eigenvalue weighted by atomic mass is 10.1. The second kappa shape index (κ2) is 4.70. The van der Waals surface area contributed by atoms with Crippen molar-refractivity contribution in [2.24, 2.45) is 0 Å². The van der Waals surface area contributed by atoms with Crippen LogP contribution in [0, 0.1) is 3.70 Å². The van der Waals surface area contributed by atoms with Gasteiger partial charge < -0.3 is 0 Å². The van der Waals surface area contributed by atoms with Crippen molar-refractivity contribution in [3.8, 4) is 11.3 Å². The third kappa shape index (κ3) is 2.34. The van der Waals surface area contributed by atoms with Gasteiger partial charge in [0, 0.05) is 5.56 Å². The van der Waals surface area contributed by atoms with Crippen molar-refractivity contribution >= 4 is 22.6 Å². The first-order valence-electron chi connectivity index (χ1n) is 4.88. The number of rotatable bonds is 2. The zero-order valence-corrected chi connectivity index (χ0v) is 10.6. The van der Waals surface area contributed by atoms with Crippen LogP contribution in [0.25, 0.3) is 11.3 Å². The molecule has 0 aliphatic carbocycles. The summed E-state index contributed by atoms with van der Waals surface area (Å²) in [5, 5.41) is 8.36. The smallest absolute Gasteiger partial charge is 0.127 e. The van der Waals surface area contributed by atoms with Gasteiger partial charge in [-0.3, -0.25) is 0 Å². The highest BCUT2D eigenvalue weighted by molar-refractivity contribution is 14.1. The number of hydrogen-bond donors (Lipinski definition) is 0. The Morgan fingerprint density at radius 2 is 1.87 bits per heavy atom. The number of aromatic nitrogens is 2. The van der Waals surface area contributed by atoms with Gasteiger partial charge >= 0.3 is 0 Å². The summed E-state index contributed by atoms with van der Waals surface area (Å²) in [5.74, 6) is 0. The lowest BCUT2D eigenvalue weighted by molar-refractivity contribution is 0.958. The maximum atomic E-state index is 4.20. The van der Waals surface area contributed by atoms with Crippen LogP contribution in [0.4, 0.5) is 0 Å². The zero-order chi connectivity index (χ0) is 10.7. The summed E-state index contributed by atoms with van der Waals surface area (Å²) in [6.45, 7) is 2.13. The van der Waals surface area contributed by atoms with Gasteiger partial charge in [-0.1, -0.05) is 37.3 Å². The molecular weight excluding hydrogens is 299 g/mol. The number of halogens is 1. The topological polar surface area (TPSA) is 25.8 Å². The van der Waals surface area contributed by atoms with Gasteiger partial charge in [0.1, 0.15) is 3.70 Å². The molecule has 1 aromatic carbocycles. The van der Waals surface area contributed by atoms with Crippen LogP contribution in [-0.2, 0) is 6.42 Å². The quantitative estimate of drug-likeness (QED) is 0.795. The van der Waals surface area contributed by atoms with E-state index in [-0.39, 0.29) is 0 Å². The number of aryl methyl sites for hydroxylation is 1. The van der Waals surface area contributed by atoms with Crippen molar-refractivity contribution < 1.29 is 0 Å². The molecule has 0 aliphatic heterocycles. The van der Waals surface area contributed by atoms with Crippen molar-refractivity contribution in [3.63, 3.8) is 0 Å². The molecule has 0 radical (unpaired) electrons. The summed E-state index contributed by atoms with van der Waals surface area (Å²) in [6.07, 6.45) is 0.994. The first-order chi connectivity index (χ1) is 7.31. The molecule has 0 unspecified atom stereocenters. The third-order valence-corrected chi connectivity index (χ3v) is 3.18. The summed E-state index contributed by atoms with van der Waals surface area (Å²) in [7, 11) is 0. The standard InChI is InChI=1S/C12H11IN2/c1-2-9-8-11(14-15-12(9)13)10-6-4-3-5-7-10/h3-8H,2H2,1H3. The highest BCUT2D eigenvalue weighted by Gasteiger charge is 2.04. The van der Waals surface area contributed by atoms with Gasteiger partial charge in [-0.15, -0.1) is 10.2 Å². The van der Waals surface area contributed by atoms with Crippen LogP contribution in [0.3, 0.4) is 0 Å². The van der Waals surface area contributed by atoms with Gasteiger partial charge in [-0.05, 0) is 40.6 Å². The van der Waals surface area contributed by atoms with E-state index in [0.717, 1.165) is 21.4 Å². The van der Waals surface area contributed by atoms with E-state index in [1.807, 2.05) is 18.2 Å². The van der Waals surface area contributed by atoms with Gasteiger partial charge in [-0.25, -0.2) is 0 Å². The Labute approximate surface area is 103 Å². The van der Waals surface area contributed by atoms with E-state index in [1.54, 1.807) is 0 Å². The van der Waals surface area contributed by atoms with Crippen LogP contribution in [0.15, 0.2) is 36.4 Å². The molecule has 0 N–H and O–H groups in total. The summed E-state index contributed by atoms with van der Waals surface area (Å²) in [5.41, 5.74) is 3.33. The van der Waals surface area contributed by atoms with Gasteiger partial charge in [-0.2, -0.15) is 0 Å². The molecule has 0 saturated carbocycles. The maximum Gasteiger partial charge on any atom is 0.127 e. The van der Waals surface area contributed by atoms with E-state index < -0.39 is 0 Å². The second-order valence-electron chi connectivity index (χ2n) is 3.27. The van der Waals surface area contributed by atoms with Crippen LogP contribution in [-0.4, -0.2) is 10.2 Å². The number of hydrogen-bond acceptors (Lipinski definition) is 2. The first-order valence-corrected chi connectivity index (χ1v) is 5.96. The summed E-state index contributed by atoms with van der Waals surface area (Å²) in [6, 6.07) is 12.3. The van der Waals surface area contributed by atoms with E-state index >= 15 is 0 Å². The van der Waals surface area contributed by atoms with E-state index in [0.29, 0.717) is 0 Å². The maximum absolute atomic E-state index is 4.20. The Balaban J connectivity index is 2.46. The van der Waals surface area contributed by atoms with E-state index in [4.69, 9.17) is 0 Å². The number of benzene rings is 1. The Morgan fingerprint density at radius 3 is 2.53 bits per heavy atom. The second-order valence-corrected chi connectivity index (χ2v) is 4.29. The molecule has 0 bridgehead atoms. The van der Waals surface area contributed by atoms with Crippen molar-refractivity contribution in [3.05, 3.63) is 45.7 Å².